The Bertz CT molecular complexity index is 145. The number of hydrogen-bond acceptors (Lipinski definition) is 2. The van der Waals surface area contributed by atoms with Gasteiger partial charge in [0.15, 0.2) is 0 Å². The van der Waals surface area contributed by atoms with Crippen LogP contribution >= 0.6 is 0 Å². The van der Waals surface area contributed by atoms with Crippen molar-refractivity contribution in [2.45, 2.75) is 19.8 Å². The lowest BCUT2D eigenvalue weighted by molar-refractivity contribution is -0.128. The van der Waals surface area contributed by atoms with Crippen molar-refractivity contribution in [2.75, 3.05) is 13.6 Å². The lowest BCUT2D eigenvalue weighted by Gasteiger charge is -2.01. The third kappa shape index (κ3) is 5.39. The van der Waals surface area contributed by atoms with Crippen molar-refractivity contribution in [1.29, 1.82) is 0 Å². The van der Waals surface area contributed by atoms with E-state index in [9.17, 15) is 9.59 Å². The minimum absolute atomic E-state index is 0.0729. The summed E-state index contributed by atoms with van der Waals surface area (Å²) in [5.41, 5.74) is 0. The first-order valence-electron chi connectivity index (χ1n) is 3.68. The third-order valence-corrected chi connectivity index (χ3v) is 1.17. The van der Waals surface area contributed by atoms with Gasteiger partial charge in [-0.2, -0.15) is 0 Å². The molecular weight excluding hydrogens is 144 g/mol. The van der Waals surface area contributed by atoms with Gasteiger partial charge in [-0.3, -0.25) is 9.59 Å². The Morgan fingerprint density at radius 3 is 2.36 bits per heavy atom. The largest absolute Gasteiger partial charge is 0.359 e. The van der Waals surface area contributed by atoms with Crippen molar-refractivity contribution < 1.29 is 9.59 Å². The molecule has 4 nitrogen and oxygen atoms in total. The molecule has 0 unspecified atom stereocenters. The van der Waals surface area contributed by atoms with Crippen LogP contribution in [0.25, 0.3) is 0 Å². The summed E-state index contributed by atoms with van der Waals surface area (Å²) in [6.07, 6.45) is 0.815. The van der Waals surface area contributed by atoms with E-state index in [1.54, 1.807) is 0 Å². The Kier molecular flexibility index (Phi) is 5.15. The SMILES string of the molecule is CCCNC(=O)CC(=O)NC. The van der Waals surface area contributed by atoms with Crippen molar-refractivity contribution in [3.63, 3.8) is 0 Å². The number of carbonyl (C=O) groups excluding carboxylic acids is 2. The van der Waals surface area contributed by atoms with Gasteiger partial charge in [-0.05, 0) is 6.42 Å². The summed E-state index contributed by atoms with van der Waals surface area (Å²) in [7, 11) is 1.51. The fourth-order valence-corrected chi connectivity index (χ4v) is 0.561. The van der Waals surface area contributed by atoms with Gasteiger partial charge in [-0.1, -0.05) is 6.92 Å². The van der Waals surface area contributed by atoms with E-state index in [-0.39, 0.29) is 18.2 Å². The molecule has 0 aliphatic carbocycles. The maximum atomic E-state index is 10.8. The first-order chi connectivity index (χ1) is 5.20. The molecule has 0 saturated carbocycles. The molecule has 0 saturated heterocycles. The predicted octanol–water partition coefficient (Wildman–Crippen LogP) is -0.351. The second-order valence-corrected chi connectivity index (χ2v) is 2.20. The Morgan fingerprint density at radius 2 is 1.91 bits per heavy atom. The average molecular weight is 158 g/mol. The maximum Gasteiger partial charge on any atom is 0.229 e. The predicted molar refractivity (Wildman–Crippen MR) is 42.0 cm³/mol. The molecule has 0 atom stereocenters. The van der Waals surface area contributed by atoms with Gasteiger partial charge in [-0.25, -0.2) is 0 Å². The smallest absolute Gasteiger partial charge is 0.229 e. The van der Waals surface area contributed by atoms with Crippen LogP contribution in [0.2, 0.25) is 0 Å². The van der Waals surface area contributed by atoms with Crippen LogP contribution in [0.5, 0.6) is 0 Å². The number of hydrogen-bond donors (Lipinski definition) is 2. The molecular formula is C7H14N2O2. The fraction of sp³-hybridized carbons (Fsp3) is 0.714. The number of carbonyl (C=O) groups is 2. The summed E-state index contributed by atoms with van der Waals surface area (Å²) in [5.74, 6) is -0.468. The molecule has 0 fully saturated rings. The monoisotopic (exact) mass is 158 g/mol. The standard InChI is InChI=1S/C7H14N2O2/c1-3-4-9-7(11)5-6(10)8-2/h3-5H2,1-2H3,(H,8,10)(H,9,11). The fourth-order valence-electron chi connectivity index (χ4n) is 0.561. The molecule has 0 aromatic rings. The quantitative estimate of drug-likeness (QED) is 0.549. The minimum atomic E-state index is -0.251. The van der Waals surface area contributed by atoms with Crippen LogP contribution in [0, 0.1) is 0 Å². The summed E-state index contributed by atoms with van der Waals surface area (Å²) < 4.78 is 0. The second kappa shape index (κ2) is 5.70. The minimum Gasteiger partial charge on any atom is -0.359 e. The lowest BCUT2D eigenvalue weighted by atomic mass is 10.3. The molecule has 0 spiro atoms. The van der Waals surface area contributed by atoms with E-state index in [4.69, 9.17) is 0 Å². The second-order valence-electron chi connectivity index (χ2n) is 2.20. The molecule has 0 radical (unpaired) electrons. The zero-order chi connectivity index (χ0) is 8.69. The number of nitrogens with one attached hydrogen (secondary N) is 2. The molecule has 0 heterocycles. The highest BCUT2D eigenvalue weighted by Crippen LogP contribution is 1.79. The normalized spacial score (nSPS) is 8.91. The number of rotatable bonds is 4. The zero-order valence-corrected chi connectivity index (χ0v) is 6.94. The van der Waals surface area contributed by atoms with Crippen LogP contribution in [-0.2, 0) is 9.59 Å². The van der Waals surface area contributed by atoms with Crippen LogP contribution in [0.4, 0.5) is 0 Å². The summed E-state index contributed by atoms with van der Waals surface area (Å²) in [6.45, 7) is 2.59. The molecule has 2 amide bonds. The van der Waals surface area contributed by atoms with E-state index in [0.717, 1.165) is 6.42 Å². The van der Waals surface area contributed by atoms with Crippen LogP contribution in [-0.4, -0.2) is 25.4 Å². The van der Waals surface area contributed by atoms with Crippen LogP contribution < -0.4 is 10.6 Å². The topological polar surface area (TPSA) is 58.2 Å². The zero-order valence-electron chi connectivity index (χ0n) is 6.94. The van der Waals surface area contributed by atoms with Crippen LogP contribution in [0.15, 0.2) is 0 Å². The van der Waals surface area contributed by atoms with Gasteiger partial charge < -0.3 is 10.6 Å². The van der Waals surface area contributed by atoms with E-state index in [1.807, 2.05) is 6.92 Å². The maximum absolute atomic E-state index is 10.8. The van der Waals surface area contributed by atoms with Gasteiger partial charge in [-0.15, -0.1) is 0 Å². The van der Waals surface area contributed by atoms with Gasteiger partial charge in [0, 0.05) is 13.6 Å². The van der Waals surface area contributed by atoms with Crippen molar-refractivity contribution >= 4 is 11.8 Å². The van der Waals surface area contributed by atoms with Crippen molar-refractivity contribution in [3.8, 4) is 0 Å². The van der Waals surface area contributed by atoms with E-state index >= 15 is 0 Å². The van der Waals surface area contributed by atoms with E-state index in [0.29, 0.717) is 6.54 Å². The lowest BCUT2D eigenvalue weighted by Crippen LogP contribution is -2.30. The van der Waals surface area contributed by atoms with Crippen LogP contribution in [0.1, 0.15) is 19.8 Å². The first kappa shape index (κ1) is 9.94. The average Bonchev–Trinajstić information content (AvgIpc) is 2.00. The Hall–Kier alpha value is -1.06. The van der Waals surface area contributed by atoms with E-state index < -0.39 is 0 Å². The van der Waals surface area contributed by atoms with Gasteiger partial charge in [0.2, 0.25) is 11.8 Å². The molecule has 0 bridgehead atoms. The highest BCUT2D eigenvalue weighted by molar-refractivity contribution is 5.96. The Labute approximate surface area is 66.4 Å². The summed E-state index contributed by atoms with van der Waals surface area (Å²) in [4.78, 5) is 21.4. The highest BCUT2D eigenvalue weighted by Gasteiger charge is 2.04. The molecule has 4 heteroatoms. The van der Waals surface area contributed by atoms with Crippen molar-refractivity contribution in [1.82, 2.24) is 10.6 Å². The van der Waals surface area contributed by atoms with Gasteiger partial charge in [0.1, 0.15) is 6.42 Å². The third-order valence-electron chi connectivity index (χ3n) is 1.17. The summed E-state index contributed by atoms with van der Waals surface area (Å²) in [6, 6.07) is 0. The molecule has 0 aliphatic heterocycles. The van der Waals surface area contributed by atoms with Crippen molar-refractivity contribution in [2.24, 2.45) is 0 Å². The van der Waals surface area contributed by atoms with Gasteiger partial charge in [0.05, 0.1) is 0 Å². The molecule has 0 aromatic heterocycles. The summed E-state index contributed by atoms with van der Waals surface area (Å²) in [5, 5.41) is 4.97. The first-order valence-corrected chi connectivity index (χ1v) is 3.68. The molecule has 2 N–H and O–H groups in total. The van der Waals surface area contributed by atoms with E-state index in [1.165, 1.54) is 7.05 Å². The highest BCUT2D eigenvalue weighted by atomic mass is 16.2. The molecule has 0 aliphatic rings. The molecule has 11 heavy (non-hydrogen) atoms. The molecule has 0 rings (SSSR count). The van der Waals surface area contributed by atoms with E-state index in [2.05, 4.69) is 10.6 Å². The molecule has 64 valence electrons. The Morgan fingerprint density at radius 1 is 1.27 bits per heavy atom. The van der Waals surface area contributed by atoms with Crippen LogP contribution in [0.3, 0.4) is 0 Å². The summed E-state index contributed by atoms with van der Waals surface area (Å²) >= 11 is 0. The van der Waals surface area contributed by atoms with Gasteiger partial charge in [0.25, 0.3) is 0 Å². The molecule has 0 aromatic carbocycles. The van der Waals surface area contributed by atoms with Gasteiger partial charge >= 0.3 is 0 Å². The number of amides is 2. The Balaban J connectivity index is 3.44. The van der Waals surface area contributed by atoms with Crippen molar-refractivity contribution in [3.05, 3.63) is 0 Å².